The van der Waals surface area contributed by atoms with E-state index in [1.54, 1.807) is 18.0 Å². The second-order valence-electron chi connectivity index (χ2n) is 12.5. The highest BCUT2D eigenvalue weighted by Crippen LogP contribution is 2.59. The molecular weight excluding hydrogens is 588 g/mol. The molecule has 7 rings (SSSR count). The number of fused-ring (bicyclic) bond motifs is 4. The molecule has 2 saturated heterocycles. The molecule has 0 bridgehead atoms. The number of alkyl halides is 1. The van der Waals surface area contributed by atoms with Gasteiger partial charge in [-0.05, 0) is 60.9 Å². The quantitative estimate of drug-likeness (QED) is 0.209. The summed E-state index contributed by atoms with van der Waals surface area (Å²) in [4.78, 5) is 29.7. The summed E-state index contributed by atoms with van der Waals surface area (Å²) in [6.45, 7) is 11.0. The number of aromatic nitrogens is 2. The minimum atomic E-state index is -1.13. The van der Waals surface area contributed by atoms with E-state index < -0.39 is 35.6 Å². The van der Waals surface area contributed by atoms with Crippen molar-refractivity contribution in [2.45, 2.75) is 43.4 Å². The van der Waals surface area contributed by atoms with Crippen LogP contribution >= 0.6 is 0 Å². The topological polar surface area (TPSA) is 66.2 Å². The monoisotopic (exact) mass is 620 g/mol. The lowest BCUT2D eigenvalue weighted by molar-refractivity contribution is -0.131. The summed E-state index contributed by atoms with van der Waals surface area (Å²) in [6, 6.07) is 5.71. The van der Waals surface area contributed by atoms with E-state index in [9.17, 15) is 13.6 Å². The Morgan fingerprint density at radius 2 is 2.00 bits per heavy atom. The van der Waals surface area contributed by atoms with Gasteiger partial charge in [0.1, 0.15) is 36.0 Å². The molecule has 4 aliphatic rings. The number of rotatable bonds is 7. The Labute approximate surface area is 258 Å². The van der Waals surface area contributed by atoms with E-state index in [0.717, 1.165) is 24.0 Å². The lowest BCUT2D eigenvalue weighted by atomic mass is 9.93. The van der Waals surface area contributed by atoms with Gasteiger partial charge in [-0.3, -0.25) is 9.69 Å². The average Bonchev–Trinajstić information content (AvgIpc) is 3.55. The largest absolute Gasteiger partial charge is 0.462 e. The van der Waals surface area contributed by atoms with Gasteiger partial charge in [0, 0.05) is 37.6 Å². The first-order valence-corrected chi connectivity index (χ1v) is 15.2. The van der Waals surface area contributed by atoms with E-state index in [-0.39, 0.29) is 80.1 Å². The van der Waals surface area contributed by atoms with Gasteiger partial charge in [-0.25, -0.2) is 24.1 Å². The second kappa shape index (κ2) is 11.3. The van der Waals surface area contributed by atoms with E-state index in [2.05, 4.69) is 21.4 Å². The highest BCUT2D eigenvalue weighted by Gasteiger charge is 2.47. The highest BCUT2D eigenvalue weighted by atomic mass is 19.1. The number of ether oxygens (including phenoxy) is 1. The zero-order valence-corrected chi connectivity index (χ0v) is 24.8. The fraction of sp³-hybridized carbons (Fsp3) is 0.455. The summed E-state index contributed by atoms with van der Waals surface area (Å²) >= 11 is 0. The molecule has 1 amide bonds. The van der Waals surface area contributed by atoms with Crippen LogP contribution in [0.2, 0.25) is 0 Å². The van der Waals surface area contributed by atoms with E-state index in [1.165, 1.54) is 11.0 Å². The molecule has 1 aromatic heterocycles. The van der Waals surface area contributed by atoms with Crippen LogP contribution in [0.1, 0.15) is 29.9 Å². The SMILES string of the molecule is [C-]#[N+]C[C@H]1CN(c2nc(OC[C@@H]3C[C@@H](F)CN3C)nc3c(F)c(-c4cccc5c4C4CC4C5)c(F)cc23)CCN1C(=O)C(=C)F. The first-order valence-electron chi connectivity index (χ1n) is 15.2. The molecule has 12 heteroatoms. The Kier molecular flexibility index (Phi) is 7.39. The third kappa shape index (κ3) is 5.17. The maximum atomic E-state index is 16.7. The molecule has 45 heavy (non-hydrogen) atoms. The second-order valence-corrected chi connectivity index (χ2v) is 12.5. The van der Waals surface area contributed by atoms with Gasteiger partial charge >= 0.3 is 6.01 Å². The molecule has 1 saturated carbocycles. The van der Waals surface area contributed by atoms with Gasteiger partial charge in [0.15, 0.2) is 11.6 Å². The number of likely N-dealkylation sites (N-methyl/N-ethyl adjacent to an activating group) is 1. The molecule has 8 nitrogen and oxygen atoms in total. The Morgan fingerprint density at radius 1 is 1.18 bits per heavy atom. The maximum Gasteiger partial charge on any atom is 0.319 e. The molecule has 3 aromatic rings. The standard InChI is InChI=1S/C33H32F4N6O2/c1-17(34)32(44)43-8-7-42(15-22(43)13-38-2)31-25-12-26(36)28(23-6-4-5-18-9-19-10-24(19)27(18)23)29(37)30(25)39-33(40-31)45-16-21-11-20(35)14-41(21)3/h4-6,12,19-22,24H,1,7-11,13-16H2,3H3/t19?,20-,21+,22+,24?/m1/s1. The molecule has 2 aliphatic heterocycles. The van der Waals surface area contributed by atoms with E-state index >= 15 is 8.78 Å². The van der Waals surface area contributed by atoms with E-state index in [0.29, 0.717) is 17.4 Å². The summed E-state index contributed by atoms with van der Waals surface area (Å²) in [5.74, 6) is -2.63. The number of amides is 1. The maximum absolute atomic E-state index is 16.7. The van der Waals surface area contributed by atoms with Crippen molar-refractivity contribution in [1.82, 2.24) is 19.8 Å². The molecule has 0 radical (unpaired) electrons. The van der Waals surface area contributed by atoms with E-state index in [4.69, 9.17) is 11.3 Å². The van der Waals surface area contributed by atoms with Crippen LogP contribution in [0.15, 0.2) is 36.7 Å². The molecule has 2 aliphatic carbocycles. The fourth-order valence-corrected chi connectivity index (χ4v) is 7.38. The number of hydrogen-bond donors (Lipinski definition) is 0. The number of piperazine rings is 1. The lowest BCUT2D eigenvalue weighted by Gasteiger charge is -2.39. The lowest BCUT2D eigenvalue weighted by Crippen LogP contribution is -2.56. The summed E-state index contributed by atoms with van der Waals surface area (Å²) in [7, 11) is 1.79. The van der Waals surface area contributed by atoms with Crippen molar-refractivity contribution in [3.8, 4) is 17.1 Å². The molecule has 3 heterocycles. The van der Waals surface area contributed by atoms with Gasteiger partial charge in [-0.2, -0.15) is 9.97 Å². The van der Waals surface area contributed by atoms with Crippen LogP contribution in [0.3, 0.4) is 0 Å². The van der Waals surface area contributed by atoms with Crippen molar-refractivity contribution in [2.75, 3.05) is 51.3 Å². The van der Waals surface area contributed by atoms with Gasteiger partial charge in [0.2, 0.25) is 6.54 Å². The smallest absolute Gasteiger partial charge is 0.319 e. The predicted octanol–water partition coefficient (Wildman–Crippen LogP) is 5.08. The summed E-state index contributed by atoms with van der Waals surface area (Å²) < 4.78 is 66.5. The third-order valence-electron chi connectivity index (χ3n) is 9.70. The molecule has 3 fully saturated rings. The fourth-order valence-electron chi connectivity index (χ4n) is 7.38. The number of hydrogen-bond acceptors (Lipinski definition) is 6. The summed E-state index contributed by atoms with van der Waals surface area (Å²) in [6.07, 6.45) is 1.20. The van der Waals surface area contributed by atoms with Crippen molar-refractivity contribution in [1.29, 1.82) is 0 Å². The van der Waals surface area contributed by atoms with Gasteiger partial charge in [0.05, 0.1) is 5.56 Å². The van der Waals surface area contributed by atoms with Crippen molar-refractivity contribution in [3.63, 3.8) is 0 Å². The molecule has 234 valence electrons. The van der Waals surface area contributed by atoms with Crippen molar-refractivity contribution in [2.24, 2.45) is 5.92 Å². The highest BCUT2D eigenvalue weighted by molar-refractivity contribution is 5.95. The Hall–Kier alpha value is -4.24. The minimum absolute atomic E-state index is 0.0379. The number of halogens is 4. The van der Waals surface area contributed by atoms with Gasteiger partial charge in [-0.1, -0.05) is 24.8 Å². The van der Waals surface area contributed by atoms with Crippen LogP contribution < -0.4 is 9.64 Å². The zero-order chi connectivity index (χ0) is 31.6. The number of nitrogens with zero attached hydrogens (tertiary/aromatic N) is 6. The number of carbonyl (C=O) groups is 1. The number of carbonyl (C=O) groups excluding carboxylic acids is 1. The van der Waals surface area contributed by atoms with Crippen molar-refractivity contribution < 1.29 is 27.1 Å². The van der Waals surface area contributed by atoms with Gasteiger partial charge in [-0.15, -0.1) is 0 Å². The first-order chi connectivity index (χ1) is 21.6. The van der Waals surface area contributed by atoms with Crippen LogP contribution in [-0.4, -0.2) is 90.3 Å². The predicted molar refractivity (Wildman–Crippen MR) is 160 cm³/mol. The van der Waals surface area contributed by atoms with E-state index in [1.807, 2.05) is 17.0 Å². The van der Waals surface area contributed by atoms with Crippen LogP contribution in [-0.2, 0) is 11.2 Å². The minimum Gasteiger partial charge on any atom is -0.462 e. The first kappa shape index (κ1) is 29.5. The number of anilines is 1. The summed E-state index contributed by atoms with van der Waals surface area (Å²) in [5, 5.41) is 0.107. The third-order valence-corrected chi connectivity index (χ3v) is 9.70. The number of likely N-dealkylation sites (tertiary alicyclic amines) is 1. The zero-order valence-electron chi connectivity index (χ0n) is 24.8. The van der Waals surface area contributed by atoms with Crippen LogP contribution in [0, 0.1) is 24.1 Å². The molecule has 5 atom stereocenters. The molecular formula is C33H32F4N6O2. The van der Waals surface area contributed by atoms with Gasteiger partial charge in [0.25, 0.3) is 5.91 Å². The van der Waals surface area contributed by atoms with Crippen molar-refractivity contribution >= 4 is 22.6 Å². The molecule has 2 unspecified atom stereocenters. The van der Waals surface area contributed by atoms with Crippen LogP contribution in [0.25, 0.3) is 26.9 Å². The molecule has 0 spiro atoms. The molecule has 0 N–H and O–H groups in total. The normalized spacial score (nSPS) is 25.6. The van der Waals surface area contributed by atoms with Crippen molar-refractivity contribution in [3.05, 3.63) is 70.8 Å². The average molecular weight is 621 g/mol. The number of benzene rings is 2. The molecule has 2 aromatic carbocycles. The Morgan fingerprint density at radius 3 is 2.73 bits per heavy atom. The van der Waals surface area contributed by atoms with Crippen LogP contribution in [0.5, 0.6) is 6.01 Å². The Balaban J connectivity index is 1.32. The Bertz CT molecular complexity index is 1760. The summed E-state index contributed by atoms with van der Waals surface area (Å²) in [5.41, 5.74) is 2.35. The van der Waals surface area contributed by atoms with Gasteiger partial charge < -0.3 is 19.4 Å². The van der Waals surface area contributed by atoms with Crippen LogP contribution in [0.4, 0.5) is 23.4 Å².